The highest BCUT2D eigenvalue weighted by molar-refractivity contribution is 6.46. The number of carbonyl (C=O) groups is 2. The number of likely N-dealkylation sites (tertiary alicyclic amines) is 1. The predicted molar refractivity (Wildman–Crippen MR) is 118 cm³/mol. The number of ketones is 1. The van der Waals surface area contributed by atoms with Crippen molar-refractivity contribution in [1.82, 2.24) is 4.90 Å². The number of nitrogens with zero attached hydrogens (tertiary/aromatic N) is 1. The number of carbonyl (C=O) groups excluding carboxylic acids is 2. The Balaban J connectivity index is 1.93. The lowest BCUT2D eigenvalue weighted by molar-refractivity contribution is -0.140. The molecule has 0 unspecified atom stereocenters. The number of benzene rings is 2. The minimum atomic E-state index is -0.930. The summed E-state index contributed by atoms with van der Waals surface area (Å²) in [6.45, 7) is 0.0278. The van der Waals surface area contributed by atoms with Crippen LogP contribution in [0.25, 0.3) is 5.76 Å². The van der Waals surface area contributed by atoms with Crippen molar-refractivity contribution in [2.45, 2.75) is 12.6 Å². The Morgan fingerprint density at radius 3 is 2.47 bits per heavy atom. The summed E-state index contributed by atoms with van der Waals surface area (Å²) >= 11 is 5.96. The lowest BCUT2D eigenvalue weighted by Gasteiger charge is -2.26. The van der Waals surface area contributed by atoms with Crippen molar-refractivity contribution in [2.24, 2.45) is 0 Å². The Bertz CT molecular complexity index is 1180. The Kier molecular flexibility index (Phi) is 5.92. The first-order chi connectivity index (χ1) is 15.4. The topological polar surface area (TPSA) is 89.2 Å². The van der Waals surface area contributed by atoms with Crippen LogP contribution in [0.5, 0.6) is 11.5 Å². The molecule has 0 spiro atoms. The van der Waals surface area contributed by atoms with Crippen LogP contribution in [0.4, 0.5) is 0 Å². The molecule has 1 aliphatic heterocycles. The van der Waals surface area contributed by atoms with Gasteiger partial charge in [-0.25, -0.2) is 0 Å². The van der Waals surface area contributed by atoms with E-state index in [1.165, 1.54) is 25.4 Å². The number of aliphatic hydroxyl groups excluding tert-OH is 1. The summed E-state index contributed by atoms with van der Waals surface area (Å²) in [6, 6.07) is 13.9. The number of ether oxygens (including phenoxy) is 2. The van der Waals surface area contributed by atoms with E-state index in [4.69, 9.17) is 25.5 Å². The van der Waals surface area contributed by atoms with Crippen LogP contribution in [0.3, 0.4) is 0 Å². The molecule has 0 bridgehead atoms. The highest BCUT2D eigenvalue weighted by atomic mass is 35.5. The molecule has 2 heterocycles. The van der Waals surface area contributed by atoms with Crippen LogP contribution in [-0.4, -0.2) is 35.9 Å². The fourth-order valence-corrected chi connectivity index (χ4v) is 3.88. The third-order valence-electron chi connectivity index (χ3n) is 5.30. The van der Waals surface area contributed by atoms with Gasteiger partial charge in [-0.1, -0.05) is 11.6 Å². The summed E-state index contributed by atoms with van der Waals surface area (Å²) in [5.74, 6) is -0.437. The smallest absolute Gasteiger partial charge is 0.296 e. The summed E-state index contributed by atoms with van der Waals surface area (Å²) in [5.41, 5.74) is 0.792. The predicted octanol–water partition coefficient (Wildman–Crippen LogP) is 4.57. The molecule has 4 rings (SSSR count). The van der Waals surface area contributed by atoms with Gasteiger partial charge in [0.15, 0.2) is 0 Å². The molecular weight excluding hydrogens is 434 g/mol. The number of furan rings is 1. The number of halogens is 1. The van der Waals surface area contributed by atoms with Crippen LogP contribution in [0.1, 0.15) is 22.9 Å². The SMILES string of the molecule is COc1ccc(OC)c([C@@H]2C(=C(O)c3ccc(Cl)cc3)C(=O)C(=O)N2Cc2ccco2)c1. The lowest BCUT2D eigenvalue weighted by Crippen LogP contribution is -2.29. The summed E-state index contributed by atoms with van der Waals surface area (Å²) in [5, 5.41) is 11.6. The van der Waals surface area contributed by atoms with Gasteiger partial charge in [0.05, 0.1) is 38.6 Å². The Morgan fingerprint density at radius 1 is 1.09 bits per heavy atom. The Morgan fingerprint density at radius 2 is 1.84 bits per heavy atom. The molecule has 164 valence electrons. The highest BCUT2D eigenvalue weighted by Gasteiger charge is 2.47. The molecule has 1 fully saturated rings. The van der Waals surface area contributed by atoms with E-state index in [2.05, 4.69) is 0 Å². The fraction of sp³-hybridized carbons (Fsp3) is 0.167. The minimum absolute atomic E-state index is 0.0278. The highest BCUT2D eigenvalue weighted by Crippen LogP contribution is 2.44. The van der Waals surface area contributed by atoms with Crippen molar-refractivity contribution in [1.29, 1.82) is 0 Å². The van der Waals surface area contributed by atoms with Gasteiger partial charge in [0.25, 0.3) is 11.7 Å². The second kappa shape index (κ2) is 8.80. The third kappa shape index (κ3) is 3.83. The summed E-state index contributed by atoms with van der Waals surface area (Å²) in [7, 11) is 3.00. The zero-order valence-electron chi connectivity index (χ0n) is 17.4. The Labute approximate surface area is 189 Å². The second-order valence-corrected chi connectivity index (χ2v) is 7.56. The van der Waals surface area contributed by atoms with Crippen LogP contribution in [0.2, 0.25) is 5.02 Å². The molecule has 1 aromatic heterocycles. The zero-order chi connectivity index (χ0) is 22.8. The second-order valence-electron chi connectivity index (χ2n) is 7.12. The van der Waals surface area contributed by atoms with Crippen LogP contribution >= 0.6 is 11.6 Å². The molecule has 0 radical (unpaired) electrons. The number of amides is 1. The maximum Gasteiger partial charge on any atom is 0.296 e. The number of hydrogen-bond donors (Lipinski definition) is 1. The number of Topliss-reactive ketones (excluding diaryl/α,β-unsaturated/α-hetero) is 1. The first kappa shape index (κ1) is 21.5. The van der Waals surface area contributed by atoms with Crippen LogP contribution < -0.4 is 9.47 Å². The molecule has 1 aliphatic rings. The normalized spacial score (nSPS) is 17.6. The van der Waals surface area contributed by atoms with E-state index in [9.17, 15) is 14.7 Å². The number of rotatable bonds is 6. The van der Waals surface area contributed by atoms with Crippen molar-refractivity contribution < 1.29 is 28.6 Å². The van der Waals surface area contributed by atoms with Crippen LogP contribution in [0, 0.1) is 0 Å². The standard InChI is InChI=1S/C24H20ClNO6/c1-30-16-9-10-19(31-2)18(12-16)21-20(22(27)14-5-7-15(25)8-6-14)23(28)24(29)26(21)13-17-4-3-11-32-17/h3-12,21,27H,13H2,1-2H3/t21-/m1/s1. The molecule has 0 aliphatic carbocycles. The van der Waals surface area contributed by atoms with Gasteiger partial charge in [0.1, 0.15) is 23.0 Å². The van der Waals surface area contributed by atoms with E-state index in [-0.39, 0.29) is 17.9 Å². The van der Waals surface area contributed by atoms with E-state index in [1.807, 2.05) is 0 Å². The Hall–Kier alpha value is -3.71. The molecule has 3 aromatic rings. The van der Waals surface area contributed by atoms with Crippen molar-refractivity contribution in [3.05, 3.63) is 88.3 Å². The van der Waals surface area contributed by atoms with Crippen molar-refractivity contribution in [3.63, 3.8) is 0 Å². The number of aliphatic hydroxyl groups is 1. The van der Waals surface area contributed by atoms with E-state index in [1.54, 1.807) is 54.6 Å². The van der Waals surface area contributed by atoms with Gasteiger partial charge < -0.3 is 23.9 Å². The largest absolute Gasteiger partial charge is 0.507 e. The zero-order valence-corrected chi connectivity index (χ0v) is 18.1. The van der Waals surface area contributed by atoms with Gasteiger partial charge in [0.2, 0.25) is 0 Å². The minimum Gasteiger partial charge on any atom is -0.507 e. The average molecular weight is 454 g/mol. The van der Waals surface area contributed by atoms with E-state index < -0.39 is 17.7 Å². The molecule has 1 atom stereocenters. The quantitative estimate of drug-likeness (QED) is 0.334. The van der Waals surface area contributed by atoms with Gasteiger partial charge >= 0.3 is 0 Å². The van der Waals surface area contributed by atoms with Crippen molar-refractivity contribution in [2.75, 3.05) is 14.2 Å². The van der Waals surface area contributed by atoms with E-state index >= 15 is 0 Å². The fourth-order valence-electron chi connectivity index (χ4n) is 3.75. The third-order valence-corrected chi connectivity index (χ3v) is 5.55. The van der Waals surface area contributed by atoms with Gasteiger partial charge in [-0.2, -0.15) is 0 Å². The molecule has 1 saturated heterocycles. The van der Waals surface area contributed by atoms with Crippen LogP contribution in [0.15, 0.2) is 70.9 Å². The molecule has 8 heteroatoms. The van der Waals surface area contributed by atoms with Gasteiger partial charge in [-0.15, -0.1) is 0 Å². The van der Waals surface area contributed by atoms with Gasteiger partial charge in [0, 0.05) is 16.1 Å². The first-order valence-electron chi connectivity index (χ1n) is 9.73. The van der Waals surface area contributed by atoms with E-state index in [0.717, 1.165) is 0 Å². The van der Waals surface area contributed by atoms with Crippen molar-refractivity contribution >= 4 is 29.1 Å². The van der Waals surface area contributed by atoms with Gasteiger partial charge in [-0.05, 0) is 54.6 Å². The molecule has 7 nitrogen and oxygen atoms in total. The van der Waals surface area contributed by atoms with Crippen LogP contribution in [-0.2, 0) is 16.1 Å². The molecule has 2 aromatic carbocycles. The first-order valence-corrected chi connectivity index (χ1v) is 10.1. The lowest BCUT2D eigenvalue weighted by atomic mass is 9.94. The summed E-state index contributed by atoms with van der Waals surface area (Å²) in [6.07, 6.45) is 1.49. The molecule has 0 saturated carbocycles. The maximum absolute atomic E-state index is 13.1. The summed E-state index contributed by atoms with van der Waals surface area (Å²) in [4.78, 5) is 27.5. The molecule has 1 N–H and O–H groups in total. The monoisotopic (exact) mass is 453 g/mol. The number of methoxy groups -OCH3 is 2. The molecule has 1 amide bonds. The van der Waals surface area contributed by atoms with Crippen molar-refractivity contribution in [3.8, 4) is 11.5 Å². The van der Waals surface area contributed by atoms with E-state index in [0.29, 0.717) is 33.4 Å². The molecule has 32 heavy (non-hydrogen) atoms. The number of hydrogen-bond acceptors (Lipinski definition) is 6. The maximum atomic E-state index is 13.1. The molecular formula is C24H20ClNO6. The average Bonchev–Trinajstić information content (AvgIpc) is 3.41. The van der Waals surface area contributed by atoms with Gasteiger partial charge in [-0.3, -0.25) is 9.59 Å². The summed E-state index contributed by atoms with van der Waals surface area (Å²) < 4.78 is 16.3.